The molecule has 1 saturated carbocycles. The molecule has 6 nitrogen and oxygen atoms in total. The Hall–Kier alpha value is -2.11. The fourth-order valence-electron chi connectivity index (χ4n) is 6.56. The molecule has 4 aliphatic rings. The highest BCUT2D eigenvalue weighted by molar-refractivity contribution is 6.07. The van der Waals surface area contributed by atoms with Gasteiger partial charge in [0.15, 0.2) is 11.5 Å². The van der Waals surface area contributed by atoms with Gasteiger partial charge in [0.2, 0.25) is 11.6 Å². The molecule has 6 heteroatoms. The minimum Gasteiger partial charge on any atom is -0.504 e. The summed E-state index contributed by atoms with van der Waals surface area (Å²) in [5.74, 6) is -2.23. The smallest absolute Gasteiger partial charge is 0.306 e. The fraction of sp³-hybridized carbons (Fsp3) is 0.667. The number of ether oxygens (including phenoxy) is 2. The number of carbonyl (C=O) groups excluding carboxylic acids is 3. The molecule has 0 spiro atoms. The summed E-state index contributed by atoms with van der Waals surface area (Å²) in [6.45, 7) is 7.47. The van der Waals surface area contributed by atoms with Crippen LogP contribution in [0.15, 0.2) is 23.2 Å². The van der Waals surface area contributed by atoms with Crippen LogP contribution in [0.4, 0.5) is 0 Å². The first-order chi connectivity index (χ1) is 12.6. The van der Waals surface area contributed by atoms with E-state index in [2.05, 4.69) is 0 Å². The molecule has 146 valence electrons. The van der Waals surface area contributed by atoms with Crippen LogP contribution in [0.25, 0.3) is 0 Å². The highest BCUT2D eigenvalue weighted by atomic mass is 16.5. The molecule has 7 atom stereocenters. The van der Waals surface area contributed by atoms with E-state index in [0.717, 1.165) is 0 Å². The summed E-state index contributed by atoms with van der Waals surface area (Å²) in [6, 6.07) is 0. The van der Waals surface area contributed by atoms with Crippen molar-refractivity contribution in [1.82, 2.24) is 0 Å². The van der Waals surface area contributed by atoms with Gasteiger partial charge in [-0.05, 0) is 36.8 Å². The molecule has 1 N–H and O–H groups in total. The SMILES string of the molecule is COC1=C[C@@H](C)[C@H]2C[C@H]3OC(=O)C[C@H]4C(C)=C(O)C(=O)[C@@H]([C@@]2(C)C1=O)[C@@]34C. The molecule has 1 heterocycles. The second kappa shape index (κ2) is 5.46. The number of hydrogen-bond donors (Lipinski definition) is 1. The molecule has 27 heavy (non-hydrogen) atoms. The Morgan fingerprint density at radius 1 is 1.26 bits per heavy atom. The van der Waals surface area contributed by atoms with E-state index in [-0.39, 0.29) is 47.4 Å². The maximum atomic E-state index is 13.4. The zero-order chi connectivity index (χ0) is 19.9. The van der Waals surface area contributed by atoms with Gasteiger partial charge in [-0.25, -0.2) is 0 Å². The molecule has 1 aliphatic heterocycles. The molecule has 4 rings (SSSR count). The number of aliphatic hydroxyl groups is 1. The Morgan fingerprint density at radius 2 is 1.93 bits per heavy atom. The van der Waals surface area contributed by atoms with Gasteiger partial charge in [-0.3, -0.25) is 14.4 Å². The molecule has 1 saturated heterocycles. The van der Waals surface area contributed by atoms with E-state index < -0.39 is 28.6 Å². The predicted molar refractivity (Wildman–Crippen MR) is 95.4 cm³/mol. The van der Waals surface area contributed by atoms with Gasteiger partial charge in [0.05, 0.1) is 13.5 Å². The van der Waals surface area contributed by atoms with E-state index in [0.29, 0.717) is 12.0 Å². The summed E-state index contributed by atoms with van der Waals surface area (Å²) < 4.78 is 11.1. The van der Waals surface area contributed by atoms with Crippen molar-refractivity contribution in [2.24, 2.45) is 34.5 Å². The molecule has 0 bridgehead atoms. The molecular formula is C21H26O6. The third kappa shape index (κ3) is 1.99. The van der Waals surface area contributed by atoms with Crippen molar-refractivity contribution in [1.29, 1.82) is 0 Å². The van der Waals surface area contributed by atoms with E-state index in [1.165, 1.54) is 7.11 Å². The van der Waals surface area contributed by atoms with E-state index >= 15 is 0 Å². The van der Waals surface area contributed by atoms with Crippen LogP contribution in [0.1, 0.15) is 40.5 Å². The molecule has 3 aliphatic carbocycles. The van der Waals surface area contributed by atoms with Gasteiger partial charge in [-0.15, -0.1) is 0 Å². The number of carbonyl (C=O) groups is 3. The number of aliphatic hydroxyl groups excluding tert-OH is 1. The van der Waals surface area contributed by atoms with Crippen LogP contribution in [0.5, 0.6) is 0 Å². The minimum atomic E-state index is -1.02. The molecule has 2 fully saturated rings. The number of Topliss-reactive ketones (excluding diaryl/α,β-unsaturated/α-hetero) is 2. The lowest BCUT2D eigenvalue weighted by Gasteiger charge is -2.63. The van der Waals surface area contributed by atoms with Gasteiger partial charge in [-0.1, -0.05) is 20.8 Å². The topological polar surface area (TPSA) is 89.9 Å². The van der Waals surface area contributed by atoms with Gasteiger partial charge in [0.1, 0.15) is 6.10 Å². The standard InChI is InChI=1S/C21H26O6/c1-9-6-13(26-5)19(25)21(4)11(9)7-14-20(3)12(8-15(22)27-14)10(2)16(23)17(24)18(20)21/h6,9,11-12,14,18,23H,7-8H2,1-5H3/t9-,11-,12+,14-,18-,20-,21+/m1/s1. The normalized spacial score (nSPS) is 46.3. The number of hydrogen-bond acceptors (Lipinski definition) is 6. The van der Waals surface area contributed by atoms with Crippen molar-refractivity contribution in [2.45, 2.75) is 46.6 Å². The maximum absolute atomic E-state index is 13.4. The average Bonchev–Trinajstić information content (AvgIpc) is 2.61. The molecule has 0 amide bonds. The van der Waals surface area contributed by atoms with Crippen molar-refractivity contribution in [3.63, 3.8) is 0 Å². The Morgan fingerprint density at radius 3 is 2.56 bits per heavy atom. The molecule has 0 unspecified atom stereocenters. The summed E-state index contributed by atoms with van der Waals surface area (Å²) in [7, 11) is 1.46. The van der Waals surface area contributed by atoms with Crippen molar-refractivity contribution in [3.05, 3.63) is 23.2 Å². The van der Waals surface area contributed by atoms with E-state index in [1.807, 2.05) is 20.8 Å². The third-order valence-electron chi connectivity index (χ3n) is 7.92. The lowest BCUT2D eigenvalue weighted by molar-refractivity contribution is -0.216. The maximum Gasteiger partial charge on any atom is 0.306 e. The second-order valence-corrected chi connectivity index (χ2v) is 8.98. The van der Waals surface area contributed by atoms with Crippen molar-refractivity contribution < 1.29 is 29.0 Å². The Labute approximate surface area is 158 Å². The van der Waals surface area contributed by atoms with Crippen LogP contribution in [-0.2, 0) is 23.9 Å². The molecule has 0 aromatic carbocycles. The summed E-state index contributed by atoms with van der Waals surface area (Å²) in [6.07, 6.45) is 1.98. The van der Waals surface area contributed by atoms with Gasteiger partial charge >= 0.3 is 5.97 Å². The largest absolute Gasteiger partial charge is 0.504 e. The summed E-state index contributed by atoms with van der Waals surface area (Å²) in [5, 5.41) is 10.6. The van der Waals surface area contributed by atoms with Crippen LogP contribution in [-0.4, -0.2) is 35.9 Å². The molecule has 0 aromatic rings. The first kappa shape index (κ1) is 18.3. The van der Waals surface area contributed by atoms with Crippen molar-refractivity contribution in [2.75, 3.05) is 7.11 Å². The van der Waals surface area contributed by atoms with Crippen LogP contribution in [0.2, 0.25) is 0 Å². The van der Waals surface area contributed by atoms with Crippen LogP contribution in [0, 0.1) is 34.5 Å². The van der Waals surface area contributed by atoms with Crippen molar-refractivity contribution >= 4 is 17.5 Å². The average molecular weight is 374 g/mol. The summed E-state index contributed by atoms with van der Waals surface area (Å²) in [5.41, 5.74) is -1.21. The van der Waals surface area contributed by atoms with Crippen LogP contribution >= 0.6 is 0 Å². The highest BCUT2D eigenvalue weighted by Crippen LogP contribution is 2.66. The predicted octanol–water partition coefficient (Wildman–Crippen LogP) is 2.73. The molecule has 0 aromatic heterocycles. The van der Waals surface area contributed by atoms with Crippen LogP contribution < -0.4 is 0 Å². The first-order valence-corrected chi connectivity index (χ1v) is 9.52. The lowest BCUT2D eigenvalue weighted by atomic mass is 9.40. The van der Waals surface area contributed by atoms with Crippen molar-refractivity contribution in [3.8, 4) is 0 Å². The Balaban J connectivity index is 1.98. The number of allylic oxidation sites excluding steroid dienone is 4. The molecular weight excluding hydrogens is 348 g/mol. The highest BCUT2D eigenvalue weighted by Gasteiger charge is 2.71. The zero-order valence-corrected chi connectivity index (χ0v) is 16.4. The lowest BCUT2D eigenvalue weighted by Crippen LogP contribution is -2.69. The van der Waals surface area contributed by atoms with Gasteiger partial charge in [-0.2, -0.15) is 0 Å². The van der Waals surface area contributed by atoms with Crippen LogP contribution in [0.3, 0.4) is 0 Å². The monoisotopic (exact) mass is 374 g/mol. The minimum absolute atomic E-state index is 0.0202. The van der Waals surface area contributed by atoms with E-state index in [9.17, 15) is 19.5 Å². The summed E-state index contributed by atoms with van der Waals surface area (Å²) >= 11 is 0. The van der Waals surface area contributed by atoms with Gasteiger partial charge in [0.25, 0.3) is 0 Å². The first-order valence-electron chi connectivity index (χ1n) is 9.52. The summed E-state index contributed by atoms with van der Waals surface area (Å²) in [4.78, 5) is 39.0. The Kier molecular flexibility index (Phi) is 3.69. The van der Waals surface area contributed by atoms with Gasteiger partial charge in [0, 0.05) is 22.7 Å². The number of fused-ring (bicyclic) bond motifs is 2. The quantitative estimate of drug-likeness (QED) is 0.710. The van der Waals surface area contributed by atoms with E-state index in [1.54, 1.807) is 13.0 Å². The Bertz CT molecular complexity index is 823. The third-order valence-corrected chi connectivity index (χ3v) is 7.92. The number of methoxy groups -OCH3 is 1. The number of esters is 1. The fourth-order valence-corrected chi connectivity index (χ4v) is 6.56. The second-order valence-electron chi connectivity index (χ2n) is 8.98. The zero-order valence-electron chi connectivity index (χ0n) is 16.4. The number of ketones is 2. The number of rotatable bonds is 1. The molecule has 0 radical (unpaired) electrons. The van der Waals surface area contributed by atoms with E-state index in [4.69, 9.17) is 9.47 Å². The van der Waals surface area contributed by atoms with Gasteiger partial charge < -0.3 is 14.6 Å².